The van der Waals surface area contributed by atoms with Crippen molar-refractivity contribution >= 4 is 28.2 Å². The second-order valence-corrected chi connectivity index (χ2v) is 8.30. The Morgan fingerprint density at radius 3 is 2.77 bits per heavy atom. The summed E-state index contributed by atoms with van der Waals surface area (Å²) in [6.07, 6.45) is 3.79. The lowest BCUT2D eigenvalue weighted by Crippen LogP contribution is -2.23. The molecule has 12 heteroatoms. The highest BCUT2D eigenvalue weighted by atomic mass is 19.1. The number of aliphatic hydroxyl groups excluding tert-OH is 1. The van der Waals surface area contributed by atoms with Gasteiger partial charge in [0.1, 0.15) is 41.5 Å². The number of halogens is 1. The van der Waals surface area contributed by atoms with Crippen LogP contribution in [0, 0.1) is 12.7 Å². The Balaban J connectivity index is 1.63. The minimum absolute atomic E-state index is 0.0807. The predicted octanol–water partition coefficient (Wildman–Crippen LogP) is 2.14. The Hall–Kier alpha value is -4.32. The van der Waals surface area contributed by atoms with Gasteiger partial charge in [-0.3, -0.25) is 0 Å². The standard InChI is InChI=1S/C23H24FN9O2/c1-13-4-6-32-20(13)23(31(2)5-3-7-34)28-17(29-32)11-33-22-18(21(25)26-12-27-22)19(30-33)14-8-15(24)10-16(35)9-14/h4,6,8-10,12,34-35H,3,5,7,11H2,1-2H3,(H2,25,26,27). The molecule has 0 bridgehead atoms. The van der Waals surface area contributed by atoms with Gasteiger partial charge in [0.15, 0.2) is 17.3 Å². The summed E-state index contributed by atoms with van der Waals surface area (Å²) in [5, 5.41) is 28.9. The van der Waals surface area contributed by atoms with E-state index in [9.17, 15) is 14.6 Å². The number of nitrogen functional groups attached to an aromatic ring is 1. The van der Waals surface area contributed by atoms with Crippen LogP contribution < -0.4 is 10.6 Å². The summed E-state index contributed by atoms with van der Waals surface area (Å²) in [4.78, 5) is 15.2. The summed E-state index contributed by atoms with van der Waals surface area (Å²) in [6, 6.07) is 5.64. The van der Waals surface area contributed by atoms with Crippen molar-refractivity contribution in [2.24, 2.45) is 0 Å². The van der Waals surface area contributed by atoms with Crippen LogP contribution in [0.3, 0.4) is 0 Å². The summed E-state index contributed by atoms with van der Waals surface area (Å²) in [6.45, 7) is 2.84. The van der Waals surface area contributed by atoms with E-state index in [1.807, 2.05) is 31.1 Å². The quantitative estimate of drug-likeness (QED) is 0.321. The van der Waals surface area contributed by atoms with E-state index in [1.165, 1.54) is 18.5 Å². The maximum Gasteiger partial charge on any atom is 0.173 e. The number of aromatic nitrogens is 7. The van der Waals surface area contributed by atoms with Crippen molar-refractivity contribution in [1.29, 1.82) is 0 Å². The number of rotatable bonds is 7. The highest BCUT2D eigenvalue weighted by Gasteiger charge is 2.20. The summed E-state index contributed by atoms with van der Waals surface area (Å²) in [7, 11) is 1.92. The molecule has 0 fully saturated rings. The topological polar surface area (TPSA) is 144 Å². The Labute approximate surface area is 199 Å². The molecule has 4 heterocycles. The molecule has 180 valence electrons. The molecule has 0 saturated carbocycles. The molecule has 4 aromatic heterocycles. The van der Waals surface area contributed by atoms with Crippen LogP contribution in [-0.4, -0.2) is 64.8 Å². The van der Waals surface area contributed by atoms with Gasteiger partial charge in [-0.25, -0.2) is 28.5 Å². The number of hydrogen-bond donors (Lipinski definition) is 3. The third-order valence-electron chi connectivity index (χ3n) is 5.76. The van der Waals surface area contributed by atoms with E-state index in [-0.39, 0.29) is 24.7 Å². The largest absolute Gasteiger partial charge is 0.508 e. The van der Waals surface area contributed by atoms with Crippen molar-refractivity contribution in [1.82, 2.24) is 34.3 Å². The van der Waals surface area contributed by atoms with Gasteiger partial charge in [0.05, 0.1) is 5.39 Å². The first-order valence-electron chi connectivity index (χ1n) is 11.0. The molecule has 0 atom stereocenters. The second kappa shape index (κ2) is 8.80. The molecule has 0 amide bonds. The highest BCUT2D eigenvalue weighted by Crippen LogP contribution is 2.32. The van der Waals surface area contributed by atoms with E-state index >= 15 is 0 Å². The number of fused-ring (bicyclic) bond motifs is 2. The predicted molar refractivity (Wildman–Crippen MR) is 129 cm³/mol. The maximum absolute atomic E-state index is 14.0. The van der Waals surface area contributed by atoms with Crippen molar-refractivity contribution < 1.29 is 14.6 Å². The summed E-state index contributed by atoms with van der Waals surface area (Å²) in [5.41, 5.74) is 9.16. The molecule has 0 unspecified atom stereocenters. The number of nitrogens with zero attached hydrogens (tertiary/aromatic N) is 8. The zero-order valence-corrected chi connectivity index (χ0v) is 19.2. The fraction of sp³-hybridized carbons (Fsp3) is 0.261. The van der Waals surface area contributed by atoms with Crippen LogP contribution in [0.4, 0.5) is 16.0 Å². The van der Waals surface area contributed by atoms with Crippen molar-refractivity contribution in [2.45, 2.75) is 19.9 Å². The molecule has 35 heavy (non-hydrogen) atoms. The molecule has 1 aromatic carbocycles. The lowest BCUT2D eigenvalue weighted by Gasteiger charge is -2.20. The van der Waals surface area contributed by atoms with Gasteiger partial charge in [-0.1, -0.05) is 0 Å². The number of aryl methyl sites for hydroxylation is 1. The van der Waals surface area contributed by atoms with Gasteiger partial charge in [0.2, 0.25) is 0 Å². The molecule has 5 rings (SSSR count). The van der Waals surface area contributed by atoms with Crippen molar-refractivity contribution in [3.8, 4) is 17.0 Å². The van der Waals surface area contributed by atoms with Crippen molar-refractivity contribution in [2.75, 3.05) is 30.8 Å². The number of hydrogen-bond acceptors (Lipinski definition) is 9. The normalized spacial score (nSPS) is 11.5. The van der Waals surface area contributed by atoms with Crippen LogP contribution >= 0.6 is 0 Å². The van der Waals surface area contributed by atoms with E-state index in [4.69, 9.17) is 10.7 Å². The lowest BCUT2D eigenvalue weighted by molar-refractivity contribution is 0.290. The van der Waals surface area contributed by atoms with Crippen LogP contribution in [0.15, 0.2) is 36.8 Å². The first-order chi connectivity index (χ1) is 16.9. The van der Waals surface area contributed by atoms with Crippen LogP contribution in [0.25, 0.3) is 27.8 Å². The van der Waals surface area contributed by atoms with E-state index in [2.05, 4.69) is 20.2 Å². The van der Waals surface area contributed by atoms with Gasteiger partial charge in [-0.05, 0) is 37.1 Å². The van der Waals surface area contributed by atoms with E-state index < -0.39 is 5.82 Å². The summed E-state index contributed by atoms with van der Waals surface area (Å²) < 4.78 is 17.4. The number of anilines is 2. The average molecular weight is 478 g/mol. The molecular formula is C23H24FN9O2. The molecule has 0 aliphatic carbocycles. The average Bonchev–Trinajstić information content (AvgIpc) is 3.38. The zero-order valence-electron chi connectivity index (χ0n) is 19.2. The number of aromatic hydroxyl groups is 1. The second-order valence-electron chi connectivity index (χ2n) is 8.30. The highest BCUT2D eigenvalue weighted by molar-refractivity contribution is 5.98. The molecule has 0 saturated heterocycles. The summed E-state index contributed by atoms with van der Waals surface area (Å²) in [5.74, 6) is 0.540. The minimum Gasteiger partial charge on any atom is -0.508 e. The Bertz CT molecular complexity index is 1530. The van der Waals surface area contributed by atoms with E-state index in [0.29, 0.717) is 41.1 Å². The molecule has 0 aliphatic heterocycles. The van der Waals surface area contributed by atoms with E-state index in [1.54, 1.807) is 9.20 Å². The number of benzene rings is 1. The Morgan fingerprint density at radius 2 is 2.00 bits per heavy atom. The maximum atomic E-state index is 14.0. The molecule has 0 spiro atoms. The third-order valence-corrected chi connectivity index (χ3v) is 5.76. The van der Waals surface area contributed by atoms with Crippen LogP contribution in [-0.2, 0) is 6.54 Å². The monoisotopic (exact) mass is 477 g/mol. The van der Waals surface area contributed by atoms with Crippen LogP contribution in [0.5, 0.6) is 5.75 Å². The number of phenolic OH excluding ortho intramolecular Hbond substituents is 1. The van der Waals surface area contributed by atoms with Gasteiger partial charge in [0.25, 0.3) is 0 Å². The van der Waals surface area contributed by atoms with Gasteiger partial charge >= 0.3 is 0 Å². The fourth-order valence-electron chi connectivity index (χ4n) is 4.14. The Morgan fingerprint density at radius 1 is 1.17 bits per heavy atom. The zero-order chi connectivity index (χ0) is 24.7. The molecular weight excluding hydrogens is 453 g/mol. The van der Waals surface area contributed by atoms with Gasteiger partial charge in [0, 0.05) is 38.0 Å². The molecule has 0 radical (unpaired) electrons. The number of phenols is 1. The molecule has 11 nitrogen and oxygen atoms in total. The van der Waals surface area contributed by atoms with Crippen LogP contribution in [0.1, 0.15) is 17.8 Å². The number of nitrogens with two attached hydrogens (primary N) is 1. The first-order valence-corrected chi connectivity index (χ1v) is 11.0. The van der Waals surface area contributed by atoms with Crippen molar-refractivity contribution in [3.63, 3.8) is 0 Å². The minimum atomic E-state index is -0.606. The molecule has 5 aromatic rings. The van der Waals surface area contributed by atoms with Gasteiger partial charge in [-0.15, -0.1) is 0 Å². The third kappa shape index (κ3) is 4.08. The number of aliphatic hydroxyl groups is 1. The molecule has 4 N–H and O–H groups in total. The summed E-state index contributed by atoms with van der Waals surface area (Å²) >= 11 is 0. The first kappa shape index (κ1) is 22.5. The molecule has 0 aliphatic rings. The Kier molecular flexibility index (Phi) is 5.65. The van der Waals surface area contributed by atoms with Gasteiger partial charge < -0.3 is 20.8 Å². The smallest absolute Gasteiger partial charge is 0.173 e. The van der Waals surface area contributed by atoms with Gasteiger partial charge in [-0.2, -0.15) is 10.2 Å². The lowest BCUT2D eigenvalue weighted by atomic mass is 10.1. The van der Waals surface area contributed by atoms with Crippen LogP contribution in [0.2, 0.25) is 0 Å². The fourth-order valence-corrected chi connectivity index (χ4v) is 4.14. The van der Waals surface area contributed by atoms with Crippen molar-refractivity contribution in [3.05, 3.63) is 54.0 Å². The SMILES string of the molecule is Cc1ccn2nc(Cn3nc(-c4cc(O)cc(F)c4)c4c(N)ncnc43)nc(N(C)CCCO)c12. The van der Waals surface area contributed by atoms with E-state index in [0.717, 1.165) is 23.0 Å².